The smallest absolute Gasteiger partial charge is 0.0456 e. The first kappa shape index (κ1) is 18.8. The van der Waals surface area contributed by atoms with Gasteiger partial charge in [-0.1, -0.05) is 24.6 Å². The minimum absolute atomic E-state index is 0. The SMILES string of the molecule is Cl.c1ccc2c(C3CCN(CCCN4CCCCC4)CC3)c[nH]c2c1. The molecule has 0 radical (unpaired) electrons. The van der Waals surface area contributed by atoms with Crippen molar-refractivity contribution in [1.82, 2.24) is 14.8 Å². The molecule has 4 heteroatoms. The molecule has 2 aromatic rings. The van der Waals surface area contributed by atoms with Crippen LogP contribution in [0.15, 0.2) is 30.5 Å². The molecule has 2 aliphatic rings. The second-order valence-corrected chi connectivity index (χ2v) is 7.66. The molecule has 0 aliphatic carbocycles. The van der Waals surface area contributed by atoms with E-state index in [1.807, 2.05) is 0 Å². The van der Waals surface area contributed by atoms with E-state index in [0.29, 0.717) is 0 Å². The molecule has 2 saturated heterocycles. The Balaban J connectivity index is 0.00000182. The molecule has 0 amide bonds. The Hall–Kier alpha value is -1.03. The van der Waals surface area contributed by atoms with E-state index in [-0.39, 0.29) is 12.4 Å². The van der Waals surface area contributed by atoms with E-state index >= 15 is 0 Å². The van der Waals surface area contributed by atoms with Crippen molar-refractivity contribution < 1.29 is 0 Å². The normalized spacial score (nSPS) is 20.6. The Morgan fingerprint density at radius 2 is 1.56 bits per heavy atom. The maximum atomic E-state index is 3.45. The first-order valence-corrected chi connectivity index (χ1v) is 9.91. The van der Waals surface area contributed by atoms with E-state index in [1.165, 1.54) is 88.7 Å². The standard InChI is InChI=1S/C21H31N3.ClH/c1-4-11-23(12-5-1)13-6-14-24-15-9-18(10-16-24)20-17-22-21-8-3-2-7-19(20)21;/h2-3,7-8,17-18,22H,1,4-6,9-16H2;1H. The Labute approximate surface area is 158 Å². The van der Waals surface area contributed by atoms with Crippen molar-refractivity contribution in [2.75, 3.05) is 39.3 Å². The van der Waals surface area contributed by atoms with Gasteiger partial charge in [-0.2, -0.15) is 0 Å². The predicted octanol–water partition coefficient (Wildman–Crippen LogP) is 4.65. The molecule has 0 bridgehead atoms. The van der Waals surface area contributed by atoms with E-state index in [2.05, 4.69) is 45.2 Å². The van der Waals surface area contributed by atoms with Crippen LogP contribution in [-0.4, -0.2) is 54.1 Å². The van der Waals surface area contributed by atoms with Gasteiger partial charge in [-0.3, -0.25) is 0 Å². The van der Waals surface area contributed by atoms with E-state index in [0.717, 1.165) is 5.92 Å². The number of para-hydroxylation sites is 1. The molecule has 138 valence electrons. The lowest BCUT2D eigenvalue weighted by molar-refractivity contribution is 0.181. The van der Waals surface area contributed by atoms with E-state index in [1.54, 1.807) is 5.56 Å². The number of hydrogen-bond donors (Lipinski definition) is 1. The summed E-state index contributed by atoms with van der Waals surface area (Å²) in [4.78, 5) is 8.81. The van der Waals surface area contributed by atoms with Crippen molar-refractivity contribution in [2.45, 2.75) is 44.4 Å². The number of aromatic nitrogens is 1. The molecular formula is C21H32ClN3. The van der Waals surface area contributed by atoms with E-state index in [4.69, 9.17) is 0 Å². The summed E-state index contributed by atoms with van der Waals surface area (Å²) in [6, 6.07) is 8.74. The number of H-pyrrole nitrogens is 1. The molecule has 4 rings (SSSR count). The Bertz CT molecular complexity index is 639. The number of benzene rings is 1. The molecule has 3 nitrogen and oxygen atoms in total. The highest BCUT2D eigenvalue weighted by Gasteiger charge is 2.22. The molecule has 1 aromatic heterocycles. The van der Waals surface area contributed by atoms with Crippen molar-refractivity contribution >= 4 is 23.3 Å². The fraction of sp³-hybridized carbons (Fsp3) is 0.619. The summed E-state index contributed by atoms with van der Waals surface area (Å²) in [5.74, 6) is 0.736. The zero-order valence-electron chi connectivity index (χ0n) is 15.3. The summed E-state index contributed by atoms with van der Waals surface area (Å²) in [7, 11) is 0. The summed E-state index contributed by atoms with van der Waals surface area (Å²) in [6.45, 7) is 7.80. The van der Waals surface area contributed by atoms with Gasteiger partial charge in [0.05, 0.1) is 0 Å². The van der Waals surface area contributed by atoms with Crippen LogP contribution in [0.3, 0.4) is 0 Å². The summed E-state index contributed by atoms with van der Waals surface area (Å²) in [6.07, 6.45) is 10.5. The number of hydrogen-bond acceptors (Lipinski definition) is 2. The van der Waals surface area contributed by atoms with Crippen molar-refractivity contribution in [2.24, 2.45) is 0 Å². The molecule has 0 unspecified atom stereocenters. The fourth-order valence-corrected chi connectivity index (χ4v) is 4.60. The zero-order valence-corrected chi connectivity index (χ0v) is 16.1. The number of likely N-dealkylation sites (tertiary alicyclic amines) is 2. The first-order valence-electron chi connectivity index (χ1n) is 9.91. The van der Waals surface area contributed by atoms with Crippen LogP contribution >= 0.6 is 12.4 Å². The van der Waals surface area contributed by atoms with Crippen molar-refractivity contribution in [3.8, 4) is 0 Å². The van der Waals surface area contributed by atoms with Gasteiger partial charge in [-0.15, -0.1) is 12.4 Å². The quantitative estimate of drug-likeness (QED) is 0.837. The van der Waals surface area contributed by atoms with Crippen molar-refractivity contribution in [1.29, 1.82) is 0 Å². The lowest BCUT2D eigenvalue weighted by Gasteiger charge is -2.33. The van der Waals surface area contributed by atoms with Crippen molar-refractivity contribution in [3.05, 3.63) is 36.0 Å². The average molecular weight is 362 g/mol. The Morgan fingerprint density at radius 1 is 0.880 bits per heavy atom. The highest BCUT2D eigenvalue weighted by molar-refractivity contribution is 5.85. The van der Waals surface area contributed by atoms with Crippen LogP contribution in [0.25, 0.3) is 10.9 Å². The third kappa shape index (κ3) is 4.58. The second kappa shape index (κ2) is 9.07. The predicted molar refractivity (Wildman–Crippen MR) is 109 cm³/mol. The molecule has 2 aliphatic heterocycles. The molecule has 3 heterocycles. The van der Waals surface area contributed by atoms with Gasteiger partial charge in [-0.05, 0) is 88.9 Å². The van der Waals surface area contributed by atoms with Crippen LogP contribution in [0.4, 0.5) is 0 Å². The Kier molecular flexibility index (Phi) is 6.80. The summed E-state index contributed by atoms with van der Waals surface area (Å²) < 4.78 is 0. The monoisotopic (exact) mass is 361 g/mol. The molecule has 1 aromatic carbocycles. The van der Waals surface area contributed by atoms with Crippen LogP contribution in [0.5, 0.6) is 0 Å². The topological polar surface area (TPSA) is 22.3 Å². The van der Waals surface area contributed by atoms with Gasteiger partial charge in [0, 0.05) is 17.1 Å². The minimum atomic E-state index is 0. The Morgan fingerprint density at radius 3 is 2.32 bits per heavy atom. The fourth-order valence-electron chi connectivity index (χ4n) is 4.60. The maximum Gasteiger partial charge on any atom is 0.0456 e. The third-order valence-electron chi connectivity index (χ3n) is 6.05. The van der Waals surface area contributed by atoms with Gasteiger partial charge in [0.2, 0.25) is 0 Å². The van der Waals surface area contributed by atoms with Crippen LogP contribution in [0, 0.1) is 0 Å². The third-order valence-corrected chi connectivity index (χ3v) is 6.05. The van der Waals surface area contributed by atoms with Gasteiger partial charge in [0.1, 0.15) is 0 Å². The van der Waals surface area contributed by atoms with Crippen LogP contribution in [0.2, 0.25) is 0 Å². The van der Waals surface area contributed by atoms with Gasteiger partial charge in [0.15, 0.2) is 0 Å². The number of aromatic amines is 1. The molecule has 0 spiro atoms. The van der Waals surface area contributed by atoms with Gasteiger partial charge >= 0.3 is 0 Å². The van der Waals surface area contributed by atoms with Crippen molar-refractivity contribution in [3.63, 3.8) is 0 Å². The molecular weight excluding hydrogens is 330 g/mol. The molecule has 2 fully saturated rings. The van der Waals surface area contributed by atoms with E-state index < -0.39 is 0 Å². The minimum Gasteiger partial charge on any atom is -0.361 e. The zero-order chi connectivity index (χ0) is 16.2. The van der Waals surface area contributed by atoms with Gasteiger partial charge in [0.25, 0.3) is 0 Å². The number of piperidine rings is 2. The summed E-state index contributed by atoms with van der Waals surface area (Å²) in [5.41, 5.74) is 2.83. The number of nitrogens with one attached hydrogen (secondary N) is 1. The number of fused-ring (bicyclic) bond motifs is 1. The molecule has 1 N–H and O–H groups in total. The first-order chi connectivity index (χ1) is 11.9. The number of halogens is 1. The van der Waals surface area contributed by atoms with E-state index in [9.17, 15) is 0 Å². The second-order valence-electron chi connectivity index (χ2n) is 7.66. The van der Waals surface area contributed by atoms with Crippen LogP contribution < -0.4 is 0 Å². The summed E-state index contributed by atoms with van der Waals surface area (Å²) in [5, 5.41) is 1.43. The lowest BCUT2D eigenvalue weighted by Crippen LogP contribution is -2.36. The highest BCUT2D eigenvalue weighted by Crippen LogP contribution is 2.33. The van der Waals surface area contributed by atoms with Gasteiger partial charge < -0.3 is 14.8 Å². The molecule has 25 heavy (non-hydrogen) atoms. The summed E-state index contributed by atoms with van der Waals surface area (Å²) >= 11 is 0. The maximum absolute atomic E-state index is 3.45. The average Bonchev–Trinajstić information content (AvgIpc) is 3.07. The van der Waals surface area contributed by atoms with Gasteiger partial charge in [-0.25, -0.2) is 0 Å². The number of nitrogens with zero attached hydrogens (tertiary/aromatic N) is 2. The molecule has 0 atom stereocenters. The van der Waals surface area contributed by atoms with Crippen LogP contribution in [-0.2, 0) is 0 Å². The van der Waals surface area contributed by atoms with Crippen LogP contribution in [0.1, 0.15) is 50.0 Å². The largest absolute Gasteiger partial charge is 0.361 e. The lowest BCUT2D eigenvalue weighted by atomic mass is 9.89. The highest BCUT2D eigenvalue weighted by atomic mass is 35.5. The molecule has 0 saturated carbocycles. The number of rotatable bonds is 5.